The molecule has 2 aromatic rings. The van der Waals surface area contributed by atoms with E-state index >= 15 is 0 Å². The van der Waals surface area contributed by atoms with E-state index in [2.05, 4.69) is 15.6 Å². The monoisotopic (exact) mass is 524 g/mol. The summed E-state index contributed by atoms with van der Waals surface area (Å²) >= 11 is 0. The number of aromatic nitrogens is 1. The van der Waals surface area contributed by atoms with Crippen LogP contribution in [0.1, 0.15) is 36.3 Å². The molecule has 13 heteroatoms. The van der Waals surface area contributed by atoms with E-state index in [0.717, 1.165) is 18.3 Å². The minimum absolute atomic E-state index is 0.0139. The van der Waals surface area contributed by atoms with Crippen LogP contribution in [0.25, 0.3) is 0 Å². The van der Waals surface area contributed by atoms with Crippen molar-refractivity contribution in [2.75, 3.05) is 31.6 Å². The lowest BCUT2D eigenvalue weighted by Gasteiger charge is -2.29. The molecule has 2 heterocycles. The van der Waals surface area contributed by atoms with E-state index in [9.17, 15) is 28.1 Å². The van der Waals surface area contributed by atoms with Crippen LogP contribution in [0.15, 0.2) is 54.4 Å². The Morgan fingerprint density at radius 3 is 2.57 bits per heavy atom. The number of nitro groups is 1. The molecule has 1 aromatic carbocycles. The summed E-state index contributed by atoms with van der Waals surface area (Å²) in [6.07, 6.45) is -1.16. The van der Waals surface area contributed by atoms with Gasteiger partial charge < -0.3 is 25.2 Å². The molecular weight excluding hydrogens is 497 g/mol. The standard InChI is InChI=1S/C24H27F3N4O6/c25-24(26,27)18-5-3-16(4-6-18)17-13-20(37-22(14-17)36-12-2-1-11-32)23(33)29-10-9-28-21-8-7-19(15-30-21)31(34)35/h3-8,13,15,17,22,32H,1-2,9-12,14H2,(H,28,30)(H,29,33)/t17-,22+/m1/s1. The maximum absolute atomic E-state index is 12.9. The number of rotatable bonds is 12. The summed E-state index contributed by atoms with van der Waals surface area (Å²) in [7, 11) is 0. The summed E-state index contributed by atoms with van der Waals surface area (Å²) in [5.74, 6) is -0.565. The zero-order valence-corrected chi connectivity index (χ0v) is 19.7. The summed E-state index contributed by atoms with van der Waals surface area (Å²) in [5.41, 5.74) is -0.329. The van der Waals surface area contributed by atoms with Crippen molar-refractivity contribution >= 4 is 17.4 Å². The molecule has 3 N–H and O–H groups in total. The molecule has 0 saturated heterocycles. The second-order valence-corrected chi connectivity index (χ2v) is 8.18. The van der Waals surface area contributed by atoms with Crippen LogP contribution in [0.3, 0.4) is 0 Å². The third-order valence-electron chi connectivity index (χ3n) is 5.48. The Morgan fingerprint density at radius 1 is 1.19 bits per heavy atom. The zero-order chi connectivity index (χ0) is 26.8. The van der Waals surface area contributed by atoms with Crippen LogP contribution in [0.5, 0.6) is 0 Å². The Morgan fingerprint density at radius 2 is 1.95 bits per heavy atom. The van der Waals surface area contributed by atoms with Gasteiger partial charge in [0.2, 0.25) is 6.29 Å². The fourth-order valence-corrected chi connectivity index (χ4v) is 3.55. The molecule has 1 aliphatic heterocycles. The number of carbonyl (C=O) groups excluding carboxylic acids is 1. The molecule has 1 aliphatic rings. The Hall–Kier alpha value is -3.71. The lowest BCUT2D eigenvalue weighted by atomic mass is 9.92. The van der Waals surface area contributed by atoms with Gasteiger partial charge in [0, 0.05) is 38.1 Å². The smallest absolute Gasteiger partial charge is 0.416 e. The predicted octanol–water partition coefficient (Wildman–Crippen LogP) is 3.74. The molecule has 0 bridgehead atoms. The second-order valence-electron chi connectivity index (χ2n) is 8.18. The number of aliphatic hydroxyl groups is 1. The molecule has 0 fully saturated rings. The SMILES string of the molecule is O=C(NCCNc1ccc([N+](=O)[O-])cn1)C1=C[C@@H](c2ccc(C(F)(F)F)cc2)C[C@@H](OCCCCO)O1. The molecule has 0 radical (unpaired) electrons. The minimum atomic E-state index is -4.45. The van der Waals surface area contributed by atoms with Crippen molar-refractivity contribution in [1.29, 1.82) is 0 Å². The van der Waals surface area contributed by atoms with Gasteiger partial charge in [-0.1, -0.05) is 12.1 Å². The average Bonchev–Trinajstić information content (AvgIpc) is 2.88. The highest BCUT2D eigenvalue weighted by Crippen LogP contribution is 2.34. The van der Waals surface area contributed by atoms with Gasteiger partial charge in [0.1, 0.15) is 12.0 Å². The lowest BCUT2D eigenvalue weighted by molar-refractivity contribution is -0.385. The highest BCUT2D eigenvalue weighted by molar-refractivity contribution is 5.91. The molecule has 0 spiro atoms. The lowest BCUT2D eigenvalue weighted by Crippen LogP contribution is -2.35. The van der Waals surface area contributed by atoms with Gasteiger partial charge in [0.25, 0.3) is 11.6 Å². The van der Waals surface area contributed by atoms with Crippen LogP contribution < -0.4 is 10.6 Å². The number of nitrogens with zero attached hydrogens (tertiary/aromatic N) is 2. The first kappa shape index (κ1) is 27.9. The number of allylic oxidation sites excluding steroid dienone is 1. The van der Waals surface area contributed by atoms with E-state index in [-0.39, 0.29) is 37.7 Å². The number of pyridine rings is 1. The summed E-state index contributed by atoms with van der Waals surface area (Å²) < 4.78 is 50.2. The van der Waals surface area contributed by atoms with Crippen LogP contribution in [0.2, 0.25) is 0 Å². The average molecular weight is 524 g/mol. The van der Waals surface area contributed by atoms with Crippen molar-refractivity contribution in [2.24, 2.45) is 0 Å². The Balaban J connectivity index is 1.61. The minimum Gasteiger partial charge on any atom is -0.459 e. The number of benzene rings is 1. The van der Waals surface area contributed by atoms with Gasteiger partial charge in [-0.25, -0.2) is 4.98 Å². The molecule has 0 saturated carbocycles. The van der Waals surface area contributed by atoms with Crippen LogP contribution in [-0.4, -0.2) is 53.5 Å². The molecule has 1 aromatic heterocycles. The number of aliphatic hydroxyl groups excluding tert-OH is 1. The number of halogens is 3. The van der Waals surface area contributed by atoms with Crippen LogP contribution in [0, 0.1) is 10.1 Å². The number of hydrogen-bond donors (Lipinski definition) is 3. The van der Waals surface area contributed by atoms with Gasteiger partial charge in [-0.05, 0) is 42.7 Å². The van der Waals surface area contributed by atoms with E-state index in [0.29, 0.717) is 30.6 Å². The van der Waals surface area contributed by atoms with Gasteiger partial charge in [-0.15, -0.1) is 0 Å². The fraction of sp³-hybridized carbons (Fsp3) is 0.417. The van der Waals surface area contributed by atoms with E-state index in [4.69, 9.17) is 14.6 Å². The van der Waals surface area contributed by atoms with E-state index in [1.807, 2.05) is 0 Å². The summed E-state index contributed by atoms with van der Waals surface area (Å²) in [4.78, 5) is 26.8. The third kappa shape index (κ3) is 8.43. The van der Waals surface area contributed by atoms with Crippen LogP contribution in [-0.2, 0) is 20.4 Å². The largest absolute Gasteiger partial charge is 0.459 e. The van der Waals surface area contributed by atoms with Gasteiger partial charge in [-0.3, -0.25) is 14.9 Å². The van der Waals surface area contributed by atoms with Gasteiger partial charge >= 0.3 is 6.18 Å². The van der Waals surface area contributed by atoms with Crippen LogP contribution in [0.4, 0.5) is 24.7 Å². The summed E-state index contributed by atoms with van der Waals surface area (Å²) in [5, 5.41) is 25.2. The quantitative estimate of drug-likeness (QED) is 0.217. The Bertz CT molecular complexity index is 1080. The fourth-order valence-electron chi connectivity index (χ4n) is 3.55. The second kappa shape index (κ2) is 13.0. The molecule has 37 heavy (non-hydrogen) atoms. The number of nitrogens with one attached hydrogen (secondary N) is 2. The summed E-state index contributed by atoms with van der Waals surface area (Å²) in [6, 6.07) is 7.47. The molecule has 10 nitrogen and oxygen atoms in total. The van der Waals surface area contributed by atoms with Gasteiger partial charge in [0.15, 0.2) is 5.76 Å². The number of amides is 1. The maximum Gasteiger partial charge on any atom is 0.416 e. The topological polar surface area (TPSA) is 136 Å². The Kier molecular flexibility index (Phi) is 9.80. The van der Waals surface area contributed by atoms with Crippen molar-refractivity contribution in [2.45, 2.75) is 37.6 Å². The van der Waals surface area contributed by atoms with Gasteiger partial charge in [-0.2, -0.15) is 13.2 Å². The van der Waals surface area contributed by atoms with Crippen LogP contribution >= 0.6 is 0 Å². The molecule has 2 atom stereocenters. The molecule has 1 amide bonds. The normalized spacial score (nSPS) is 17.5. The first-order valence-electron chi connectivity index (χ1n) is 11.6. The predicted molar refractivity (Wildman–Crippen MR) is 126 cm³/mol. The van der Waals surface area contributed by atoms with E-state index < -0.39 is 34.8 Å². The van der Waals surface area contributed by atoms with Crippen molar-refractivity contribution in [3.05, 3.63) is 75.7 Å². The molecule has 200 valence electrons. The first-order chi connectivity index (χ1) is 17.7. The highest BCUT2D eigenvalue weighted by atomic mass is 19.4. The van der Waals surface area contributed by atoms with Crippen molar-refractivity contribution < 1.29 is 37.5 Å². The summed E-state index contributed by atoms with van der Waals surface area (Å²) in [6.45, 7) is 0.741. The number of hydrogen-bond acceptors (Lipinski definition) is 8. The first-order valence-corrected chi connectivity index (χ1v) is 11.6. The molecular formula is C24H27F3N4O6. The van der Waals surface area contributed by atoms with E-state index in [1.54, 1.807) is 6.08 Å². The molecule has 0 unspecified atom stereocenters. The highest BCUT2D eigenvalue weighted by Gasteiger charge is 2.32. The van der Waals surface area contributed by atoms with Crippen molar-refractivity contribution in [3.8, 4) is 0 Å². The number of unbranched alkanes of at least 4 members (excludes halogenated alkanes) is 1. The number of carbonyl (C=O) groups is 1. The third-order valence-corrected chi connectivity index (χ3v) is 5.48. The van der Waals surface area contributed by atoms with Gasteiger partial charge in [0.05, 0.1) is 17.1 Å². The van der Waals surface area contributed by atoms with Crippen molar-refractivity contribution in [1.82, 2.24) is 10.3 Å². The van der Waals surface area contributed by atoms with E-state index in [1.165, 1.54) is 24.3 Å². The van der Waals surface area contributed by atoms with Crippen molar-refractivity contribution in [3.63, 3.8) is 0 Å². The number of anilines is 1. The maximum atomic E-state index is 12.9. The molecule has 3 rings (SSSR count). The number of alkyl halides is 3. The Labute approximate surface area is 210 Å². The zero-order valence-electron chi connectivity index (χ0n) is 19.7. The number of ether oxygens (including phenoxy) is 2. The molecule has 0 aliphatic carbocycles.